The molecule has 0 bridgehead atoms. The number of thiophene rings is 1. The van der Waals surface area contributed by atoms with Crippen molar-refractivity contribution >= 4 is 94.2 Å². The van der Waals surface area contributed by atoms with E-state index in [2.05, 4.69) is 158 Å². The second-order valence-corrected chi connectivity index (χ2v) is 16.6. The molecule has 0 atom stereocenters. The molecular weight excluding hydrogens is 803 g/mol. The van der Waals surface area contributed by atoms with Gasteiger partial charge in [-0.25, -0.2) is 4.99 Å². The van der Waals surface area contributed by atoms with E-state index in [9.17, 15) is 0 Å². The van der Waals surface area contributed by atoms with Gasteiger partial charge in [-0.15, -0.1) is 11.3 Å². The van der Waals surface area contributed by atoms with Crippen molar-refractivity contribution in [2.24, 2.45) is 4.99 Å². The molecule has 0 saturated heterocycles. The third-order valence-corrected chi connectivity index (χ3v) is 12.7. The van der Waals surface area contributed by atoms with Crippen LogP contribution in [0.4, 0.5) is 0 Å². The number of benzene rings is 9. The number of rotatable bonds is 5. The molecule has 12 aromatic rings. The van der Waals surface area contributed by atoms with E-state index >= 15 is 0 Å². The number of furan rings is 2. The molecule has 0 aliphatic rings. The molecule has 9 aromatic carbocycles. The van der Waals surface area contributed by atoms with Crippen molar-refractivity contribution in [2.45, 2.75) is 6.92 Å². The Morgan fingerprint density at radius 3 is 1.95 bits per heavy atom. The summed E-state index contributed by atoms with van der Waals surface area (Å²) in [5, 5.41) is 22.1. The summed E-state index contributed by atoms with van der Waals surface area (Å²) in [4.78, 5) is 3.49. The highest BCUT2D eigenvalue weighted by atomic mass is 32.1. The summed E-state index contributed by atoms with van der Waals surface area (Å²) in [6, 6.07) is 68.6. The Morgan fingerprint density at radius 1 is 0.500 bits per heavy atom. The maximum atomic E-state index is 7.85. The summed E-state index contributed by atoms with van der Waals surface area (Å²) in [5.74, 6) is 0.223. The molecule has 5 nitrogen and oxygen atoms in total. The summed E-state index contributed by atoms with van der Waals surface area (Å²) < 4.78 is 14.7. The maximum Gasteiger partial charge on any atom is 0.151 e. The van der Waals surface area contributed by atoms with Gasteiger partial charge in [0, 0.05) is 64.6 Å². The van der Waals surface area contributed by atoms with E-state index in [0.29, 0.717) is 0 Å². The molecule has 0 amide bonds. The second-order valence-electron chi connectivity index (χ2n) is 15.6. The molecule has 6 heteroatoms. The van der Waals surface area contributed by atoms with Gasteiger partial charge in [0.1, 0.15) is 22.3 Å². The van der Waals surface area contributed by atoms with Crippen molar-refractivity contribution in [1.82, 2.24) is 0 Å². The quantitative estimate of drug-likeness (QED) is 0.134. The van der Waals surface area contributed by atoms with Gasteiger partial charge in [-0.3, -0.25) is 5.41 Å². The number of para-hydroxylation sites is 2. The number of fused-ring (bicyclic) bond motifs is 9. The molecule has 306 valence electrons. The van der Waals surface area contributed by atoms with Crippen LogP contribution in [0.1, 0.15) is 16.7 Å². The smallest absolute Gasteiger partial charge is 0.151 e. The van der Waals surface area contributed by atoms with E-state index in [-0.39, 0.29) is 5.84 Å². The van der Waals surface area contributed by atoms with Gasteiger partial charge in [-0.2, -0.15) is 0 Å². The Morgan fingerprint density at radius 2 is 1.16 bits per heavy atom. The first-order chi connectivity index (χ1) is 31.5. The highest BCUT2D eigenvalue weighted by Gasteiger charge is 2.16. The molecule has 0 unspecified atom stereocenters. The highest BCUT2D eigenvalue weighted by molar-refractivity contribution is 7.26. The molecule has 2 N–H and O–H groups in total. The van der Waals surface area contributed by atoms with E-state index in [0.717, 1.165) is 55.4 Å². The first kappa shape index (κ1) is 39.9. The fourth-order valence-corrected chi connectivity index (χ4v) is 9.58. The zero-order valence-electron chi connectivity index (χ0n) is 35.0. The van der Waals surface area contributed by atoms with Crippen molar-refractivity contribution in [1.29, 1.82) is 10.8 Å². The Balaban J connectivity index is 0.000000135. The molecule has 64 heavy (non-hydrogen) atoms. The SMILES string of the molecule is C=NC(=N)c1ccccc1.Cc1ccc(-c2cccc3c2oc2ccccc23)cc1.N=Cc1cccc2oc3ccc(-c4cccc5sc6cc(-c7ccccc7)ccc6c45)cc3c12. The Kier molecular flexibility index (Phi) is 10.8. The van der Waals surface area contributed by atoms with E-state index in [4.69, 9.17) is 19.7 Å². The van der Waals surface area contributed by atoms with Gasteiger partial charge < -0.3 is 14.2 Å². The Labute approximate surface area is 374 Å². The predicted octanol–water partition coefficient (Wildman–Crippen LogP) is 16.6. The predicted molar refractivity (Wildman–Crippen MR) is 272 cm³/mol. The highest BCUT2D eigenvalue weighted by Crippen LogP contribution is 2.43. The third-order valence-electron chi connectivity index (χ3n) is 11.6. The van der Waals surface area contributed by atoms with Gasteiger partial charge in [0.05, 0.1) is 0 Å². The molecule has 0 aliphatic heterocycles. The van der Waals surface area contributed by atoms with Gasteiger partial charge in [0.15, 0.2) is 5.84 Å². The van der Waals surface area contributed by atoms with Crippen LogP contribution >= 0.6 is 11.3 Å². The minimum atomic E-state index is 0.223. The van der Waals surface area contributed by atoms with Gasteiger partial charge in [0.25, 0.3) is 0 Å². The number of amidine groups is 1. The lowest BCUT2D eigenvalue weighted by atomic mass is 9.96. The van der Waals surface area contributed by atoms with Crippen LogP contribution in [-0.2, 0) is 0 Å². The van der Waals surface area contributed by atoms with Crippen molar-refractivity contribution in [3.8, 4) is 33.4 Å². The number of nitrogens with zero attached hydrogens (tertiary/aromatic N) is 1. The second kappa shape index (κ2) is 17.3. The maximum absolute atomic E-state index is 7.85. The third kappa shape index (κ3) is 7.57. The van der Waals surface area contributed by atoms with Gasteiger partial charge in [0.2, 0.25) is 0 Å². The van der Waals surface area contributed by atoms with Crippen LogP contribution in [-0.4, -0.2) is 18.8 Å². The first-order valence-corrected chi connectivity index (χ1v) is 21.8. The summed E-state index contributed by atoms with van der Waals surface area (Å²) in [7, 11) is 0. The Bertz CT molecular complexity index is 3670. The standard InChI is InChI=1S/C31H19NOS.C19H14O.C8H8N2/c32-18-22-8-4-10-27-30(22)25-16-21(13-15-26(25)33-27)23-9-5-11-28-31(23)24-14-12-20(17-29(24)34-28)19-6-2-1-3-7-19;1-13-9-11-14(12-10-13)15-6-4-7-17-16-5-2-3-8-18(16)20-19(15)17;1-10-8(9)7-5-3-2-4-6-7/h1-18,32H;2-12H,1H3;2-6,9H,1H2. The first-order valence-electron chi connectivity index (χ1n) is 21.0. The van der Waals surface area contributed by atoms with E-state index < -0.39 is 0 Å². The van der Waals surface area contributed by atoms with Crippen LogP contribution in [0.5, 0.6) is 0 Å². The van der Waals surface area contributed by atoms with Crippen LogP contribution in [0.3, 0.4) is 0 Å². The molecule has 0 aliphatic carbocycles. The monoisotopic (exact) mass is 843 g/mol. The van der Waals surface area contributed by atoms with Crippen LogP contribution in [0.2, 0.25) is 0 Å². The fraction of sp³-hybridized carbons (Fsp3) is 0.0172. The summed E-state index contributed by atoms with van der Waals surface area (Å²) >= 11 is 1.84. The topological polar surface area (TPSA) is 86.3 Å². The lowest BCUT2D eigenvalue weighted by molar-refractivity contribution is 0.669. The van der Waals surface area contributed by atoms with Crippen molar-refractivity contribution in [2.75, 3.05) is 0 Å². The molecule has 0 spiro atoms. The zero-order chi connectivity index (χ0) is 43.6. The summed E-state index contributed by atoms with van der Waals surface area (Å²) in [6.07, 6.45) is 1.40. The number of nitrogens with one attached hydrogen (secondary N) is 2. The number of aliphatic imine (C=N–C) groups is 1. The molecule has 3 aromatic heterocycles. The van der Waals surface area contributed by atoms with E-state index in [1.165, 1.54) is 65.0 Å². The van der Waals surface area contributed by atoms with Crippen LogP contribution < -0.4 is 0 Å². The normalized spacial score (nSPS) is 11.1. The lowest BCUT2D eigenvalue weighted by Crippen LogP contribution is -1.91. The Hall–Kier alpha value is -8.19. The number of aryl methyl sites for hydroxylation is 1. The number of hydrogen-bond acceptors (Lipinski definition) is 5. The molecule has 0 saturated carbocycles. The molecule has 0 radical (unpaired) electrons. The van der Waals surface area contributed by atoms with E-state index in [1.807, 2.05) is 72.0 Å². The minimum absolute atomic E-state index is 0.223. The molecule has 0 fully saturated rings. The average Bonchev–Trinajstić information content (AvgIpc) is 4.06. The minimum Gasteiger partial charge on any atom is -0.456 e. The summed E-state index contributed by atoms with van der Waals surface area (Å²) in [6.45, 7) is 5.37. The average molecular weight is 844 g/mol. The molecule has 3 heterocycles. The van der Waals surface area contributed by atoms with Gasteiger partial charge in [-0.05, 0) is 77.9 Å². The van der Waals surface area contributed by atoms with Crippen molar-refractivity contribution in [3.05, 3.63) is 217 Å². The molecule has 12 rings (SSSR count). The fourth-order valence-electron chi connectivity index (χ4n) is 8.41. The largest absolute Gasteiger partial charge is 0.456 e. The van der Waals surface area contributed by atoms with Crippen LogP contribution in [0, 0.1) is 17.7 Å². The van der Waals surface area contributed by atoms with Crippen LogP contribution in [0.15, 0.2) is 214 Å². The van der Waals surface area contributed by atoms with Gasteiger partial charge >= 0.3 is 0 Å². The van der Waals surface area contributed by atoms with Crippen molar-refractivity contribution in [3.63, 3.8) is 0 Å². The number of hydrogen-bond donors (Lipinski definition) is 2. The molecular formula is C58H41N3O2S. The zero-order valence-corrected chi connectivity index (χ0v) is 35.8. The summed E-state index contributed by atoms with van der Waals surface area (Å²) in [5.41, 5.74) is 13.7. The van der Waals surface area contributed by atoms with Crippen molar-refractivity contribution < 1.29 is 8.83 Å². The van der Waals surface area contributed by atoms with Crippen LogP contribution in [0.25, 0.3) is 97.4 Å². The van der Waals surface area contributed by atoms with Gasteiger partial charge in [-0.1, -0.05) is 169 Å². The lowest BCUT2D eigenvalue weighted by Gasteiger charge is -2.06. The van der Waals surface area contributed by atoms with E-state index in [1.54, 1.807) is 0 Å².